The first-order valence-electron chi connectivity index (χ1n) is 15.0. The maximum Gasteiger partial charge on any atom is 0.407 e. The molecule has 8 rings (SSSR count). The molecule has 4 heterocycles. The number of imidazole rings is 2. The van der Waals surface area contributed by atoms with Gasteiger partial charge in [-0.2, -0.15) is 0 Å². The number of carboxylic acid groups (broad SMARTS) is 1. The molecule has 0 aliphatic carbocycles. The molecule has 0 saturated carbocycles. The van der Waals surface area contributed by atoms with Crippen LogP contribution in [0.3, 0.4) is 0 Å². The topological polar surface area (TPSA) is 110 Å². The fourth-order valence-electron chi connectivity index (χ4n) is 6.67. The van der Waals surface area contributed by atoms with Crippen molar-refractivity contribution in [2.45, 2.75) is 37.8 Å². The molecule has 8 heteroatoms. The fourth-order valence-corrected chi connectivity index (χ4v) is 6.67. The highest BCUT2D eigenvalue weighted by atomic mass is 16.4. The number of aromatic nitrogens is 4. The average molecular weight is 569 g/mol. The second kappa shape index (κ2) is 10.4. The number of fused-ring (bicyclic) bond motifs is 2. The van der Waals surface area contributed by atoms with Crippen LogP contribution in [0, 0.1) is 0 Å². The smallest absolute Gasteiger partial charge is 0.407 e. The molecule has 0 radical (unpaired) electrons. The Morgan fingerprint density at radius 3 is 2.26 bits per heavy atom. The Morgan fingerprint density at radius 2 is 1.49 bits per heavy atom. The summed E-state index contributed by atoms with van der Waals surface area (Å²) in [6.07, 6.45) is 4.87. The van der Waals surface area contributed by atoms with E-state index >= 15 is 0 Å². The largest absolute Gasteiger partial charge is 0.465 e. The summed E-state index contributed by atoms with van der Waals surface area (Å²) >= 11 is 0. The number of H-pyrrole nitrogens is 2. The highest BCUT2D eigenvalue weighted by molar-refractivity contribution is 5.92. The number of nitrogens with zero attached hydrogens (tertiary/aromatic N) is 3. The first-order chi connectivity index (χ1) is 21.1. The summed E-state index contributed by atoms with van der Waals surface area (Å²) in [6.45, 7) is 1.60. The van der Waals surface area contributed by atoms with Crippen molar-refractivity contribution in [3.63, 3.8) is 0 Å². The second-order valence-electron chi connectivity index (χ2n) is 11.7. The third kappa shape index (κ3) is 4.73. The zero-order valence-corrected chi connectivity index (χ0v) is 23.7. The lowest BCUT2D eigenvalue weighted by Crippen LogP contribution is -2.29. The van der Waals surface area contributed by atoms with E-state index in [9.17, 15) is 9.90 Å². The van der Waals surface area contributed by atoms with Gasteiger partial charge >= 0.3 is 6.09 Å². The number of likely N-dealkylation sites (tertiary alicyclic amines) is 1. The predicted octanol–water partition coefficient (Wildman–Crippen LogP) is 7.68. The number of nitrogens with one attached hydrogen (secondary N) is 3. The van der Waals surface area contributed by atoms with Gasteiger partial charge in [-0.3, -0.25) is 4.90 Å². The zero-order valence-electron chi connectivity index (χ0n) is 23.7. The van der Waals surface area contributed by atoms with Gasteiger partial charge in [-0.25, -0.2) is 14.8 Å². The molecule has 6 aromatic rings. The summed E-state index contributed by atoms with van der Waals surface area (Å²) in [5.74, 6) is 1.74. The van der Waals surface area contributed by atoms with Crippen LogP contribution in [-0.4, -0.2) is 49.1 Å². The van der Waals surface area contributed by atoms with Crippen molar-refractivity contribution in [1.82, 2.24) is 30.2 Å². The first-order valence-corrected chi connectivity index (χ1v) is 15.0. The lowest BCUT2D eigenvalue weighted by Gasteiger charge is -2.19. The molecule has 2 aliphatic rings. The van der Waals surface area contributed by atoms with Gasteiger partial charge < -0.3 is 20.4 Å². The normalized spacial score (nSPS) is 18.7. The predicted molar refractivity (Wildman–Crippen MR) is 169 cm³/mol. The van der Waals surface area contributed by atoms with E-state index in [2.05, 4.69) is 99.1 Å². The molecule has 43 heavy (non-hydrogen) atoms. The molecule has 1 unspecified atom stereocenters. The molecule has 4 N–H and O–H groups in total. The van der Waals surface area contributed by atoms with Gasteiger partial charge in [0.1, 0.15) is 11.6 Å². The zero-order chi connectivity index (χ0) is 28.9. The summed E-state index contributed by atoms with van der Waals surface area (Å²) in [5, 5.41) is 15.4. The van der Waals surface area contributed by atoms with Gasteiger partial charge in [0.15, 0.2) is 0 Å². The standard InChI is InChI=1S/C35H32N6O2/c42-35(43)41-16-2-4-32(41)34-37-20-31(40-34)23-9-5-21(6-10-23)24-11-7-22-8-12-25(18-27(22)17-24)26-13-14-28-30(19-26)39-33(38-28)29-3-1-15-36-29/h5-14,17-20,29,32,36H,1-4,15-16H2,(H,37,40)(H,38,39)(H,42,43)/t29-,32?/m0/s1. The van der Waals surface area contributed by atoms with Gasteiger partial charge in [0.05, 0.1) is 35.0 Å². The first kappa shape index (κ1) is 25.7. The van der Waals surface area contributed by atoms with E-state index in [4.69, 9.17) is 4.98 Å². The van der Waals surface area contributed by atoms with Crippen LogP contribution in [0.15, 0.2) is 85.1 Å². The summed E-state index contributed by atoms with van der Waals surface area (Å²) in [6, 6.07) is 28.3. The third-order valence-electron chi connectivity index (χ3n) is 9.00. The lowest BCUT2D eigenvalue weighted by atomic mass is 9.97. The maximum absolute atomic E-state index is 11.6. The van der Waals surface area contributed by atoms with Crippen LogP contribution in [0.2, 0.25) is 0 Å². The third-order valence-corrected chi connectivity index (χ3v) is 9.00. The van der Waals surface area contributed by atoms with Crippen molar-refractivity contribution in [3.8, 4) is 33.5 Å². The van der Waals surface area contributed by atoms with Crippen LogP contribution < -0.4 is 5.32 Å². The number of carbonyl (C=O) groups is 1. The number of hydrogen-bond donors (Lipinski definition) is 4. The summed E-state index contributed by atoms with van der Waals surface area (Å²) < 4.78 is 0. The van der Waals surface area contributed by atoms with E-state index in [1.807, 2.05) is 0 Å². The Balaban J connectivity index is 1.05. The molecule has 0 bridgehead atoms. The molecule has 1 amide bonds. The van der Waals surface area contributed by atoms with Crippen molar-refractivity contribution in [2.75, 3.05) is 13.1 Å². The second-order valence-corrected chi connectivity index (χ2v) is 11.7. The number of benzene rings is 4. The monoisotopic (exact) mass is 568 g/mol. The van der Waals surface area contributed by atoms with Gasteiger partial charge in [0.25, 0.3) is 0 Å². The highest BCUT2D eigenvalue weighted by Crippen LogP contribution is 2.34. The van der Waals surface area contributed by atoms with E-state index in [1.165, 1.54) is 33.2 Å². The highest BCUT2D eigenvalue weighted by Gasteiger charge is 2.31. The van der Waals surface area contributed by atoms with E-state index in [-0.39, 0.29) is 6.04 Å². The fraction of sp³-hybridized carbons (Fsp3) is 0.229. The van der Waals surface area contributed by atoms with Crippen molar-refractivity contribution < 1.29 is 9.90 Å². The molecule has 8 nitrogen and oxygen atoms in total. The summed E-state index contributed by atoms with van der Waals surface area (Å²) in [7, 11) is 0. The SMILES string of the molecule is O=C(O)N1CCCC1c1ncc(-c2ccc(-c3ccc4ccc(-c5ccc6nc([C@@H]7CCCN7)[nH]c6c5)cc4c3)cc2)[nH]1. The number of hydrogen-bond acceptors (Lipinski definition) is 4. The van der Waals surface area contributed by atoms with Crippen LogP contribution in [0.25, 0.3) is 55.3 Å². The molecular weight excluding hydrogens is 536 g/mol. The van der Waals surface area contributed by atoms with Gasteiger partial charge in [0, 0.05) is 6.54 Å². The minimum Gasteiger partial charge on any atom is -0.465 e. The van der Waals surface area contributed by atoms with Crippen molar-refractivity contribution in [2.24, 2.45) is 0 Å². The maximum atomic E-state index is 11.6. The molecule has 2 aromatic heterocycles. The van der Waals surface area contributed by atoms with Crippen LogP contribution in [-0.2, 0) is 0 Å². The van der Waals surface area contributed by atoms with E-state index in [1.54, 1.807) is 6.20 Å². The minimum absolute atomic E-state index is 0.207. The van der Waals surface area contributed by atoms with Gasteiger partial charge in [0.2, 0.25) is 0 Å². The Hall–Kier alpha value is -4.95. The molecular formula is C35H32N6O2. The van der Waals surface area contributed by atoms with Gasteiger partial charge in [-0.15, -0.1) is 0 Å². The van der Waals surface area contributed by atoms with Crippen molar-refractivity contribution >= 4 is 27.9 Å². The quantitative estimate of drug-likeness (QED) is 0.171. The average Bonchev–Trinajstić information content (AvgIpc) is 3.85. The number of rotatable bonds is 5. The molecule has 2 saturated heterocycles. The number of amides is 1. The summed E-state index contributed by atoms with van der Waals surface area (Å²) in [5.41, 5.74) is 8.62. The Kier molecular flexibility index (Phi) is 6.22. The van der Waals surface area contributed by atoms with Crippen LogP contribution >= 0.6 is 0 Å². The molecule has 214 valence electrons. The van der Waals surface area contributed by atoms with Gasteiger partial charge in [-0.1, -0.05) is 54.6 Å². The van der Waals surface area contributed by atoms with Crippen molar-refractivity contribution in [3.05, 3.63) is 96.7 Å². The summed E-state index contributed by atoms with van der Waals surface area (Å²) in [4.78, 5) is 29.3. The Bertz CT molecular complexity index is 1970. The number of aromatic amines is 2. The molecule has 4 aromatic carbocycles. The Morgan fingerprint density at radius 1 is 0.767 bits per heavy atom. The molecule has 2 aliphatic heterocycles. The van der Waals surface area contributed by atoms with Crippen LogP contribution in [0.4, 0.5) is 4.79 Å². The van der Waals surface area contributed by atoms with E-state index < -0.39 is 6.09 Å². The molecule has 2 atom stereocenters. The van der Waals surface area contributed by atoms with Crippen molar-refractivity contribution in [1.29, 1.82) is 0 Å². The van der Waals surface area contributed by atoms with E-state index in [0.717, 1.165) is 65.0 Å². The van der Waals surface area contributed by atoms with E-state index in [0.29, 0.717) is 18.4 Å². The minimum atomic E-state index is -0.892. The molecule has 2 fully saturated rings. The van der Waals surface area contributed by atoms with Crippen LogP contribution in [0.1, 0.15) is 49.4 Å². The van der Waals surface area contributed by atoms with Gasteiger partial charge in [-0.05, 0) is 95.1 Å². The Labute approximate surface area is 248 Å². The van der Waals surface area contributed by atoms with Crippen LogP contribution in [0.5, 0.6) is 0 Å². The lowest BCUT2D eigenvalue weighted by molar-refractivity contribution is 0.139. The molecule has 0 spiro atoms.